The highest BCUT2D eigenvalue weighted by atomic mass is 35.5. The molecule has 3 N–H and O–H groups in total. The highest BCUT2D eigenvalue weighted by molar-refractivity contribution is 7.80. The van der Waals surface area contributed by atoms with Gasteiger partial charge >= 0.3 is 0 Å². The third-order valence-corrected chi connectivity index (χ3v) is 4.69. The molecule has 0 unspecified atom stereocenters. The second kappa shape index (κ2) is 8.96. The van der Waals surface area contributed by atoms with Gasteiger partial charge in [0.1, 0.15) is 0 Å². The number of aromatic nitrogens is 2. The lowest BCUT2D eigenvalue weighted by Gasteiger charge is -2.20. The van der Waals surface area contributed by atoms with E-state index in [0.29, 0.717) is 15.8 Å². The van der Waals surface area contributed by atoms with Crippen LogP contribution in [0.4, 0.5) is 22.7 Å². The summed E-state index contributed by atoms with van der Waals surface area (Å²) < 4.78 is 3.68. The SMILES string of the molecule is CN(C)c1c(Cl)cccc1NC(=S)Nc1ccc(NC(=O)c2csnn2)cc1. The molecule has 10 heteroatoms. The minimum absolute atomic E-state index is 0.288. The summed E-state index contributed by atoms with van der Waals surface area (Å²) in [7, 11) is 3.83. The smallest absolute Gasteiger partial charge is 0.277 e. The number of hydrogen-bond donors (Lipinski definition) is 3. The molecule has 0 atom stereocenters. The van der Waals surface area contributed by atoms with Crippen molar-refractivity contribution in [2.45, 2.75) is 0 Å². The Bertz CT molecular complexity index is 976. The van der Waals surface area contributed by atoms with E-state index in [2.05, 4.69) is 25.5 Å². The van der Waals surface area contributed by atoms with Crippen LogP contribution in [0, 0.1) is 0 Å². The summed E-state index contributed by atoms with van der Waals surface area (Å²) in [6.07, 6.45) is 0. The summed E-state index contributed by atoms with van der Waals surface area (Å²) in [6.45, 7) is 0. The number of halogens is 1. The molecule has 3 aromatic rings. The molecule has 0 aliphatic carbocycles. The van der Waals surface area contributed by atoms with Crippen molar-refractivity contribution in [2.75, 3.05) is 34.9 Å². The Labute approximate surface area is 176 Å². The van der Waals surface area contributed by atoms with E-state index in [-0.39, 0.29) is 11.6 Å². The predicted molar refractivity (Wildman–Crippen MR) is 120 cm³/mol. The van der Waals surface area contributed by atoms with Crippen LogP contribution in [0.1, 0.15) is 10.5 Å². The van der Waals surface area contributed by atoms with Gasteiger partial charge in [-0.15, -0.1) is 5.10 Å². The van der Waals surface area contributed by atoms with E-state index in [4.69, 9.17) is 23.8 Å². The molecule has 1 aromatic heterocycles. The lowest BCUT2D eigenvalue weighted by Crippen LogP contribution is -2.21. The molecular formula is C18H17ClN6OS2. The second-order valence-corrected chi connectivity index (χ2v) is 7.36. The Hall–Kier alpha value is -2.75. The zero-order valence-electron chi connectivity index (χ0n) is 15.1. The first-order valence-electron chi connectivity index (χ1n) is 8.16. The molecule has 0 bridgehead atoms. The van der Waals surface area contributed by atoms with Gasteiger partial charge in [0.25, 0.3) is 5.91 Å². The average molecular weight is 433 g/mol. The number of amides is 1. The lowest BCUT2D eigenvalue weighted by molar-refractivity contribution is 0.102. The normalized spacial score (nSPS) is 10.2. The first-order chi connectivity index (χ1) is 13.4. The number of benzene rings is 2. The molecule has 2 aromatic carbocycles. The van der Waals surface area contributed by atoms with Gasteiger partial charge in [0.2, 0.25) is 0 Å². The zero-order chi connectivity index (χ0) is 20.1. The Kier molecular flexibility index (Phi) is 6.40. The van der Waals surface area contributed by atoms with Crippen molar-refractivity contribution in [3.63, 3.8) is 0 Å². The number of hydrogen-bond acceptors (Lipinski definition) is 6. The molecule has 0 spiro atoms. The number of para-hydroxylation sites is 1. The van der Waals surface area contributed by atoms with Gasteiger partial charge in [-0.05, 0) is 60.1 Å². The molecular weight excluding hydrogens is 416 g/mol. The van der Waals surface area contributed by atoms with Gasteiger partial charge in [-0.2, -0.15) is 0 Å². The molecule has 0 aliphatic heterocycles. The van der Waals surface area contributed by atoms with Crippen LogP contribution in [-0.2, 0) is 0 Å². The van der Waals surface area contributed by atoms with E-state index in [1.807, 2.05) is 49.3 Å². The van der Waals surface area contributed by atoms with Gasteiger partial charge in [0.15, 0.2) is 10.8 Å². The Morgan fingerprint density at radius 2 is 1.75 bits per heavy atom. The number of nitrogens with zero attached hydrogens (tertiary/aromatic N) is 3. The molecule has 0 saturated carbocycles. The maximum Gasteiger partial charge on any atom is 0.277 e. The molecule has 0 saturated heterocycles. The van der Waals surface area contributed by atoms with Crippen LogP contribution in [0.15, 0.2) is 47.8 Å². The van der Waals surface area contributed by atoms with Crippen LogP contribution in [-0.4, -0.2) is 34.7 Å². The van der Waals surface area contributed by atoms with Crippen molar-refractivity contribution in [1.82, 2.24) is 9.59 Å². The van der Waals surface area contributed by atoms with Crippen LogP contribution in [0.25, 0.3) is 0 Å². The van der Waals surface area contributed by atoms with Crippen LogP contribution < -0.4 is 20.9 Å². The quantitative estimate of drug-likeness (QED) is 0.518. The van der Waals surface area contributed by atoms with Crippen LogP contribution in [0.5, 0.6) is 0 Å². The van der Waals surface area contributed by atoms with E-state index in [1.54, 1.807) is 17.5 Å². The van der Waals surface area contributed by atoms with Crippen molar-refractivity contribution < 1.29 is 4.79 Å². The monoisotopic (exact) mass is 432 g/mol. The fourth-order valence-corrected chi connectivity index (χ4v) is 3.46. The van der Waals surface area contributed by atoms with Crippen LogP contribution >= 0.6 is 35.4 Å². The molecule has 1 heterocycles. The van der Waals surface area contributed by atoms with Crippen molar-refractivity contribution in [2.24, 2.45) is 0 Å². The van der Waals surface area contributed by atoms with Crippen LogP contribution in [0.2, 0.25) is 5.02 Å². The molecule has 28 heavy (non-hydrogen) atoms. The molecule has 0 fully saturated rings. The topological polar surface area (TPSA) is 82.2 Å². The van der Waals surface area contributed by atoms with Gasteiger partial charge in [-0.1, -0.05) is 22.2 Å². The third kappa shape index (κ3) is 4.94. The Balaban J connectivity index is 1.62. The van der Waals surface area contributed by atoms with Gasteiger partial charge < -0.3 is 20.9 Å². The Morgan fingerprint density at radius 1 is 1.07 bits per heavy atom. The number of thiocarbonyl (C=S) groups is 1. The minimum Gasteiger partial charge on any atom is -0.375 e. The summed E-state index contributed by atoms with van der Waals surface area (Å²) in [5.41, 5.74) is 3.36. The van der Waals surface area contributed by atoms with E-state index >= 15 is 0 Å². The summed E-state index contributed by atoms with van der Waals surface area (Å²) in [4.78, 5) is 13.9. The van der Waals surface area contributed by atoms with E-state index < -0.39 is 0 Å². The van der Waals surface area contributed by atoms with Gasteiger partial charge in [0.05, 0.1) is 16.4 Å². The molecule has 1 amide bonds. The van der Waals surface area contributed by atoms with E-state index in [9.17, 15) is 4.79 Å². The first kappa shape index (κ1) is 20.0. The summed E-state index contributed by atoms with van der Waals surface area (Å²) in [5.74, 6) is -0.302. The molecule has 7 nitrogen and oxygen atoms in total. The number of carbonyl (C=O) groups is 1. The Morgan fingerprint density at radius 3 is 2.36 bits per heavy atom. The zero-order valence-corrected chi connectivity index (χ0v) is 17.5. The lowest BCUT2D eigenvalue weighted by atomic mass is 10.2. The molecule has 144 valence electrons. The van der Waals surface area contributed by atoms with E-state index in [1.165, 1.54) is 0 Å². The van der Waals surface area contributed by atoms with Crippen molar-refractivity contribution in [1.29, 1.82) is 0 Å². The average Bonchev–Trinajstić information content (AvgIpc) is 3.18. The van der Waals surface area contributed by atoms with Crippen molar-refractivity contribution >= 4 is 69.1 Å². The number of anilines is 4. The van der Waals surface area contributed by atoms with Crippen LogP contribution in [0.3, 0.4) is 0 Å². The molecule has 3 rings (SSSR count). The molecule has 0 radical (unpaired) electrons. The highest BCUT2D eigenvalue weighted by Gasteiger charge is 2.11. The largest absolute Gasteiger partial charge is 0.375 e. The number of carbonyl (C=O) groups excluding carboxylic acids is 1. The molecule has 0 aliphatic rings. The standard InChI is InChI=1S/C18H17ClN6OS2/c1-25(2)16-13(19)4-3-5-14(16)22-18(27)21-12-8-6-11(7-9-12)20-17(26)15-10-28-24-23-15/h3-10H,1-2H3,(H,20,26)(H2,21,22,27). The fourth-order valence-electron chi connectivity index (χ4n) is 2.45. The minimum atomic E-state index is -0.302. The van der Waals surface area contributed by atoms with Crippen molar-refractivity contribution in [3.05, 3.63) is 58.6 Å². The van der Waals surface area contributed by atoms with E-state index in [0.717, 1.165) is 28.6 Å². The third-order valence-electron chi connectivity index (χ3n) is 3.68. The first-order valence-corrected chi connectivity index (χ1v) is 9.78. The maximum absolute atomic E-state index is 12.0. The highest BCUT2D eigenvalue weighted by Crippen LogP contribution is 2.32. The second-order valence-electron chi connectivity index (χ2n) is 5.93. The van der Waals surface area contributed by atoms with Crippen molar-refractivity contribution in [3.8, 4) is 0 Å². The fraction of sp³-hybridized carbons (Fsp3) is 0.111. The van der Waals surface area contributed by atoms with Gasteiger partial charge in [-0.3, -0.25) is 4.79 Å². The number of nitrogens with one attached hydrogen (secondary N) is 3. The predicted octanol–water partition coefficient (Wildman–Crippen LogP) is 4.32. The van der Waals surface area contributed by atoms with Gasteiger partial charge in [0, 0.05) is 30.9 Å². The van der Waals surface area contributed by atoms with Gasteiger partial charge in [-0.25, -0.2) is 0 Å². The number of rotatable bonds is 5. The maximum atomic E-state index is 12.0. The summed E-state index contributed by atoms with van der Waals surface area (Å²) in [6, 6.07) is 12.8. The summed E-state index contributed by atoms with van der Waals surface area (Å²) >= 11 is 12.8. The summed E-state index contributed by atoms with van der Waals surface area (Å²) in [5, 5.41) is 15.4.